The smallest absolute Gasteiger partial charge is 0.144 e. The molecule has 8 heteroatoms. The van der Waals surface area contributed by atoms with Crippen LogP contribution < -0.4 is 4.74 Å². The topological polar surface area (TPSA) is 70.4 Å². The summed E-state index contributed by atoms with van der Waals surface area (Å²) in [5.74, 6) is 0.538. The molecule has 0 unspecified atom stereocenters. The van der Waals surface area contributed by atoms with E-state index in [4.69, 9.17) is 27.9 Å². The number of pyridine rings is 2. The third-order valence-electron chi connectivity index (χ3n) is 4.30. The summed E-state index contributed by atoms with van der Waals surface area (Å²) in [4.78, 5) is 8.75. The van der Waals surface area contributed by atoms with Crippen molar-refractivity contribution in [3.05, 3.63) is 64.0 Å². The number of hydrogen-bond acceptors (Lipinski definition) is 5. The van der Waals surface area contributed by atoms with Gasteiger partial charge in [-0.15, -0.1) is 0 Å². The molecular weight excluding hydrogens is 441 g/mol. The minimum absolute atomic E-state index is 0.288. The highest BCUT2D eigenvalue weighted by atomic mass is 35.5. The Morgan fingerprint density at radius 1 is 1.20 bits per heavy atom. The summed E-state index contributed by atoms with van der Waals surface area (Å²) < 4.78 is 22.0. The zero-order valence-electron chi connectivity index (χ0n) is 17.3. The Labute approximate surface area is 189 Å². The number of ether oxygens (including phenoxy) is 1. The normalized spacial score (nSPS) is 13.5. The van der Waals surface area contributed by atoms with Gasteiger partial charge in [0.05, 0.1) is 22.9 Å². The van der Waals surface area contributed by atoms with Gasteiger partial charge in [-0.3, -0.25) is 4.98 Å². The molecule has 30 heavy (non-hydrogen) atoms. The van der Waals surface area contributed by atoms with Crippen LogP contribution in [0, 0.1) is 0 Å². The monoisotopic (exact) mass is 463 g/mol. The maximum Gasteiger partial charge on any atom is 0.144 e. The summed E-state index contributed by atoms with van der Waals surface area (Å²) in [6.07, 6.45) is 2.42. The van der Waals surface area contributed by atoms with E-state index in [2.05, 4.69) is 14.4 Å². The Bertz CT molecular complexity index is 1070. The van der Waals surface area contributed by atoms with E-state index in [1.807, 2.05) is 45.0 Å². The molecular formula is C22H23Cl2N3O2S. The van der Waals surface area contributed by atoms with E-state index in [0.717, 1.165) is 11.1 Å². The molecule has 5 nitrogen and oxygen atoms in total. The highest BCUT2D eigenvalue weighted by molar-refractivity contribution is 7.91. The van der Waals surface area contributed by atoms with Crippen LogP contribution in [0.5, 0.6) is 5.75 Å². The van der Waals surface area contributed by atoms with Crippen molar-refractivity contribution in [2.75, 3.05) is 6.61 Å². The fourth-order valence-electron chi connectivity index (χ4n) is 2.64. The summed E-state index contributed by atoms with van der Waals surface area (Å²) in [6.45, 7) is 7.83. The highest BCUT2D eigenvalue weighted by Gasteiger charge is 2.27. The Kier molecular flexibility index (Phi) is 7.24. The standard InChI is InChI=1S/C22H23Cl2N3O2S/c1-14(27-30(28)22(2,3)4)17-11-15-12-18(23)20(13-19(15)26-21(17)24)29-10-8-16-7-5-6-9-25-16/h5-7,9,11-13H,8,10H2,1-4H3/b27-14+/t30-/m1/s1. The molecule has 0 fully saturated rings. The van der Waals surface area contributed by atoms with Gasteiger partial charge in [-0.1, -0.05) is 33.7 Å². The van der Waals surface area contributed by atoms with Gasteiger partial charge >= 0.3 is 0 Å². The molecule has 3 aromatic rings. The second-order valence-corrected chi connectivity index (χ2v) is 10.4. The lowest BCUT2D eigenvalue weighted by molar-refractivity contribution is 0.321. The van der Waals surface area contributed by atoms with E-state index in [9.17, 15) is 4.55 Å². The lowest BCUT2D eigenvalue weighted by atomic mass is 10.1. The predicted molar refractivity (Wildman–Crippen MR) is 125 cm³/mol. The molecule has 0 saturated carbocycles. The highest BCUT2D eigenvalue weighted by Crippen LogP contribution is 2.32. The number of aromatic nitrogens is 2. The van der Waals surface area contributed by atoms with Gasteiger partial charge in [-0.25, -0.2) is 4.98 Å². The van der Waals surface area contributed by atoms with E-state index in [1.54, 1.807) is 25.3 Å². The minimum Gasteiger partial charge on any atom is -0.591 e. The number of rotatable bonds is 6. The van der Waals surface area contributed by atoms with Crippen LogP contribution in [-0.2, 0) is 17.8 Å². The third kappa shape index (κ3) is 5.64. The average Bonchev–Trinajstić information content (AvgIpc) is 2.68. The number of halogens is 2. The molecule has 0 radical (unpaired) electrons. The molecule has 1 aromatic carbocycles. The summed E-state index contributed by atoms with van der Waals surface area (Å²) in [5, 5.41) is 1.57. The number of fused-ring (bicyclic) bond motifs is 1. The van der Waals surface area contributed by atoms with Crippen molar-refractivity contribution in [2.45, 2.75) is 38.9 Å². The lowest BCUT2D eigenvalue weighted by Gasteiger charge is -2.19. The molecule has 0 saturated heterocycles. The van der Waals surface area contributed by atoms with Crippen LogP contribution in [0.25, 0.3) is 10.9 Å². The molecule has 0 amide bonds. The molecule has 0 aliphatic heterocycles. The first-order chi connectivity index (χ1) is 14.1. The van der Waals surface area contributed by atoms with E-state index >= 15 is 0 Å². The molecule has 2 aromatic heterocycles. The molecule has 158 valence electrons. The molecule has 0 aliphatic rings. The predicted octanol–water partition coefficient (Wildman–Crippen LogP) is 5.83. The second-order valence-electron chi connectivity index (χ2n) is 7.76. The molecule has 0 aliphatic carbocycles. The van der Waals surface area contributed by atoms with Gasteiger partial charge in [0.15, 0.2) is 0 Å². The Hall–Kier alpha value is -1.86. The van der Waals surface area contributed by atoms with Crippen molar-refractivity contribution in [3.8, 4) is 5.75 Å². The first-order valence-corrected chi connectivity index (χ1v) is 11.3. The number of benzene rings is 1. The van der Waals surface area contributed by atoms with Crippen LogP contribution in [0.3, 0.4) is 0 Å². The summed E-state index contributed by atoms with van der Waals surface area (Å²) >= 11 is 11.4. The molecule has 1 atom stereocenters. The van der Waals surface area contributed by atoms with Gasteiger partial charge < -0.3 is 9.29 Å². The van der Waals surface area contributed by atoms with E-state index < -0.39 is 16.1 Å². The zero-order valence-corrected chi connectivity index (χ0v) is 19.6. The van der Waals surface area contributed by atoms with E-state index in [1.165, 1.54) is 0 Å². The first-order valence-electron chi connectivity index (χ1n) is 9.45. The molecule has 2 heterocycles. The van der Waals surface area contributed by atoms with E-state index in [-0.39, 0.29) is 5.15 Å². The molecule has 3 rings (SSSR count). The fraction of sp³-hybridized carbons (Fsp3) is 0.318. The zero-order chi connectivity index (χ0) is 21.9. The van der Waals surface area contributed by atoms with Crippen molar-refractivity contribution in [2.24, 2.45) is 4.40 Å². The second kappa shape index (κ2) is 9.52. The molecule has 0 spiro atoms. The van der Waals surface area contributed by atoms with Gasteiger partial charge in [0.2, 0.25) is 0 Å². The minimum atomic E-state index is -1.39. The average molecular weight is 464 g/mol. The van der Waals surface area contributed by atoms with Crippen LogP contribution in [0.4, 0.5) is 0 Å². The first kappa shape index (κ1) is 22.8. The summed E-state index contributed by atoms with van der Waals surface area (Å²) in [7, 11) is 0. The van der Waals surface area contributed by atoms with Crippen molar-refractivity contribution >= 4 is 51.2 Å². The Morgan fingerprint density at radius 2 is 1.97 bits per heavy atom. The Morgan fingerprint density at radius 3 is 2.63 bits per heavy atom. The summed E-state index contributed by atoms with van der Waals surface area (Å²) in [6, 6.07) is 11.2. The van der Waals surface area contributed by atoms with E-state index in [0.29, 0.717) is 40.6 Å². The van der Waals surface area contributed by atoms with Gasteiger partial charge in [0.25, 0.3) is 0 Å². The van der Waals surface area contributed by atoms with Gasteiger partial charge in [0, 0.05) is 35.3 Å². The van der Waals surface area contributed by atoms with Crippen molar-refractivity contribution in [3.63, 3.8) is 0 Å². The Balaban J connectivity index is 1.83. The third-order valence-corrected chi connectivity index (χ3v) is 6.37. The fourth-order valence-corrected chi connectivity index (χ4v) is 3.77. The number of hydrogen-bond donors (Lipinski definition) is 0. The molecule has 0 N–H and O–H groups in total. The van der Waals surface area contributed by atoms with Crippen LogP contribution in [0.15, 0.2) is 47.0 Å². The van der Waals surface area contributed by atoms with Crippen molar-refractivity contribution in [1.29, 1.82) is 0 Å². The molecule has 0 bridgehead atoms. The quantitative estimate of drug-likeness (QED) is 0.262. The van der Waals surface area contributed by atoms with Crippen LogP contribution in [0.2, 0.25) is 10.2 Å². The number of nitrogens with zero attached hydrogens (tertiary/aromatic N) is 3. The SMILES string of the molecule is C/C(=N\[S@+]([O-])C(C)(C)C)c1cc2cc(Cl)c(OCCc3ccccn3)cc2nc1Cl. The lowest BCUT2D eigenvalue weighted by Crippen LogP contribution is -2.26. The maximum absolute atomic E-state index is 12.3. The van der Waals surface area contributed by atoms with Crippen LogP contribution >= 0.6 is 23.2 Å². The largest absolute Gasteiger partial charge is 0.591 e. The van der Waals surface area contributed by atoms with Crippen LogP contribution in [0.1, 0.15) is 39.0 Å². The van der Waals surface area contributed by atoms with Crippen molar-refractivity contribution < 1.29 is 9.29 Å². The maximum atomic E-state index is 12.3. The van der Waals surface area contributed by atoms with Gasteiger partial charge in [-0.05, 0) is 52.0 Å². The van der Waals surface area contributed by atoms with Crippen molar-refractivity contribution in [1.82, 2.24) is 9.97 Å². The van der Waals surface area contributed by atoms with Gasteiger partial charge in [-0.2, -0.15) is 0 Å². The van der Waals surface area contributed by atoms with Crippen LogP contribution in [-0.4, -0.2) is 31.6 Å². The summed E-state index contributed by atoms with van der Waals surface area (Å²) in [5.41, 5.74) is 2.80. The van der Waals surface area contributed by atoms with Gasteiger partial charge in [0.1, 0.15) is 27.0 Å².